The minimum Gasteiger partial charge on any atom is -0.493 e. The van der Waals surface area contributed by atoms with E-state index in [0.717, 1.165) is 0 Å². The number of carbonyl (C=O) groups is 1. The molecule has 2 aromatic rings. The van der Waals surface area contributed by atoms with Crippen molar-refractivity contribution >= 4 is 5.97 Å². The lowest BCUT2D eigenvalue weighted by Crippen LogP contribution is -1.95. The molecular weight excluding hydrogens is 239 g/mol. The van der Waals surface area contributed by atoms with Crippen molar-refractivity contribution in [2.45, 2.75) is 6.92 Å². The maximum absolute atomic E-state index is 13.8. The molecule has 0 aliphatic rings. The number of halogens is 1. The largest absolute Gasteiger partial charge is 0.493 e. The van der Waals surface area contributed by atoms with Crippen LogP contribution in [0.4, 0.5) is 4.39 Å². The summed E-state index contributed by atoms with van der Waals surface area (Å²) in [5, 5.41) is 15.0. The van der Waals surface area contributed by atoms with Crippen LogP contribution in [0.15, 0.2) is 18.2 Å². The highest BCUT2D eigenvalue weighted by Gasteiger charge is 2.17. The van der Waals surface area contributed by atoms with Crippen LogP contribution in [0.5, 0.6) is 5.75 Å². The third kappa shape index (κ3) is 1.92. The molecule has 0 saturated carbocycles. The van der Waals surface area contributed by atoms with Crippen molar-refractivity contribution in [3.63, 3.8) is 0 Å². The van der Waals surface area contributed by atoms with E-state index in [0.29, 0.717) is 16.8 Å². The van der Waals surface area contributed by atoms with Gasteiger partial charge in [0.25, 0.3) is 0 Å². The lowest BCUT2D eigenvalue weighted by Gasteiger charge is -2.08. The molecule has 0 atom stereocenters. The molecule has 1 aromatic carbocycles. The number of benzene rings is 1. The van der Waals surface area contributed by atoms with Gasteiger partial charge in [-0.05, 0) is 24.6 Å². The minimum absolute atomic E-state index is 0.0541. The number of ether oxygens (including phenoxy) is 1. The molecule has 6 heteroatoms. The van der Waals surface area contributed by atoms with Crippen molar-refractivity contribution in [3.8, 4) is 17.0 Å². The van der Waals surface area contributed by atoms with Crippen molar-refractivity contribution < 1.29 is 19.0 Å². The lowest BCUT2D eigenvalue weighted by molar-refractivity contribution is 0.0690. The average Bonchev–Trinajstić information content (AvgIpc) is 2.82. The third-order valence-electron chi connectivity index (χ3n) is 2.58. The number of aromatic carboxylic acids is 1. The third-order valence-corrected chi connectivity index (χ3v) is 2.58. The van der Waals surface area contributed by atoms with Gasteiger partial charge in [0, 0.05) is 5.56 Å². The maximum atomic E-state index is 13.8. The Morgan fingerprint density at radius 3 is 2.78 bits per heavy atom. The molecule has 1 heterocycles. The number of aryl methyl sites for hydroxylation is 1. The summed E-state index contributed by atoms with van der Waals surface area (Å²) < 4.78 is 18.8. The van der Waals surface area contributed by atoms with Gasteiger partial charge in [0.05, 0.1) is 12.8 Å². The first-order valence-electron chi connectivity index (χ1n) is 5.16. The normalized spacial score (nSPS) is 10.4. The second kappa shape index (κ2) is 4.48. The van der Waals surface area contributed by atoms with E-state index in [2.05, 4.69) is 10.2 Å². The van der Waals surface area contributed by atoms with Crippen LogP contribution in [-0.4, -0.2) is 28.4 Å². The highest BCUT2D eigenvalue weighted by Crippen LogP contribution is 2.32. The summed E-state index contributed by atoms with van der Waals surface area (Å²) in [6.45, 7) is 1.62. The van der Waals surface area contributed by atoms with E-state index < -0.39 is 11.8 Å². The summed E-state index contributed by atoms with van der Waals surface area (Å²) >= 11 is 0. The molecule has 2 rings (SSSR count). The molecule has 1 aromatic heterocycles. The molecule has 0 fully saturated rings. The summed E-state index contributed by atoms with van der Waals surface area (Å²) in [7, 11) is 1.35. The van der Waals surface area contributed by atoms with Gasteiger partial charge < -0.3 is 9.84 Å². The van der Waals surface area contributed by atoms with E-state index >= 15 is 0 Å². The quantitative estimate of drug-likeness (QED) is 0.875. The monoisotopic (exact) mass is 250 g/mol. The summed E-state index contributed by atoms with van der Waals surface area (Å²) in [4.78, 5) is 10.7. The summed E-state index contributed by atoms with van der Waals surface area (Å²) in [5.74, 6) is -1.55. The summed E-state index contributed by atoms with van der Waals surface area (Å²) in [6.07, 6.45) is 0. The number of aromatic nitrogens is 2. The van der Waals surface area contributed by atoms with Gasteiger partial charge in [0.1, 0.15) is 5.69 Å². The second-order valence-corrected chi connectivity index (χ2v) is 3.75. The Balaban J connectivity index is 2.56. The molecule has 0 radical (unpaired) electrons. The van der Waals surface area contributed by atoms with Crippen LogP contribution < -0.4 is 4.74 Å². The Labute approximate surface area is 102 Å². The van der Waals surface area contributed by atoms with Gasteiger partial charge in [0.2, 0.25) is 0 Å². The average molecular weight is 250 g/mol. The van der Waals surface area contributed by atoms with E-state index in [1.165, 1.54) is 13.2 Å². The molecule has 0 saturated heterocycles. The highest BCUT2D eigenvalue weighted by atomic mass is 19.1. The van der Waals surface area contributed by atoms with Crippen molar-refractivity contribution in [2.75, 3.05) is 7.11 Å². The number of H-pyrrole nitrogens is 1. The fourth-order valence-electron chi connectivity index (χ4n) is 1.63. The SMILES string of the molecule is COc1c(-c2cc(C(=O)O)[nH]n2)ccc(C)c1F. The number of methoxy groups -OCH3 is 1. The molecule has 0 bridgehead atoms. The Hall–Kier alpha value is -2.37. The predicted molar refractivity (Wildman–Crippen MR) is 62.2 cm³/mol. The highest BCUT2D eigenvalue weighted by molar-refractivity contribution is 5.87. The lowest BCUT2D eigenvalue weighted by atomic mass is 10.1. The maximum Gasteiger partial charge on any atom is 0.353 e. The number of rotatable bonds is 3. The van der Waals surface area contributed by atoms with Gasteiger partial charge in [-0.2, -0.15) is 5.10 Å². The Morgan fingerprint density at radius 2 is 2.22 bits per heavy atom. The molecule has 0 aliphatic heterocycles. The first kappa shape index (κ1) is 12.1. The fraction of sp³-hybridized carbons (Fsp3) is 0.167. The molecule has 0 aliphatic carbocycles. The number of nitrogens with one attached hydrogen (secondary N) is 1. The van der Waals surface area contributed by atoms with Crippen LogP contribution >= 0.6 is 0 Å². The van der Waals surface area contributed by atoms with Crippen LogP contribution in [0.1, 0.15) is 16.1 Å². The topological polar surface area (TPSA) is 75.2 Å². The number of hydrogen-bond donors (Lipinski definition) is 2. The summed E-state index contributed by atoms with van der Waals surface area (Å²) in [5.41, 5.74) is 1.12. The number of nitrogens with zero attached hydrogens (tertiary/aromatic N) is 1. The molecule has 5 nitrogen and oxygen atoms in total. The van der Waals surface area contributed by atoms with Gasteiger partial charge in [-0.3, -0.25) is 5.10 Å². The first-order chi connectivity index (χ1) is 8.54. The van der Waals surface area contributed by atoms with Gasteiger partial charge in [-0.25, -0.2) is 9.18 Å². The molecule has 0 amide bonds. The van der Waals surface area contributed by atoms with Crippen LogP contribution in [0.3, 0.4) is 0 Å². The van der Waals surface area contributed by atoms with Crippen LogP contribution in [0.2, 0.25) is 0 Å². The Bertz CT molecular complexity index is 607. The molecule has 0 unspecified atom stereocenters. The van der Waals surface area contributed by atoms with E-state index in [4.69, 9.17) is 9.84 Å². The predicted octanol–water partition coefficient (Wildman–Crippen LogP) is 2.23. The molecule has 94 valence electrons. The Morgan fingerprint density at radius 1 is 1.50 bits per heavy atom. The van der Waals surface area contributed by atoms with Gasteiger partial charge in [0.15, 0.2) is 11.6 Å². The smallest absolute Gasteiger partial charge is 0.353 e. The molecule has 0 spiro atoms. The van der Waals surface area contributed by atoms with Gasteiger partial charge in [-0.1, -0.05) is 6.07 Å². The number of carboxylic acid groups (broad SMARTS) is 1. The van der Waals surface area contributed by atoms with Crippen molar-refractivity contribution in [3.05, 3.63) is 35.3 Å². The zero-order chi connectivity index (χ0) is 13.3. The van der Waals surface area contributed by atoms with Crippen molar-refractivity contribution in [1.29, 1.82) is 0 Å². The molecule has 2 N–H and O–H groups in total. The van der Waals surface area contributed by atoms with E-state index in [9.17, 15) is 9.18 Å². The number of aromatic amines is 1. The number of carboxylic acids is 1. The van der Waals surface area contributed by atoms with Crippen LogP contribution in [0, 0.1) is 12.7 Å². The fourth-order valence-corrected chi connectivity index (χ4v) is 1.63. The first-order valence-corrected chi connectivity index (χ1v) is 5.16. The van der Waals surface area contributed by atoms with Crippen molar-refractivity contribution in [1.82, 2.24) is 10.2 Å². The van der Waals surface area contributed by atoms with E-state index in [-0.39, 0.29) is 11.4 Å². The summed E-state index contributed by atoms with van der Waals surface area (Å²) in [6, 6.07) is 4.55. The van der Waals surface area contributed by atoms with Crippen molar-refractivity contribution in [2.24, 2.45) is 0 Å². The zero-order valence-corrected chi connectivity index (χ0v) is 9.82. The Kier molecular flexibility index (Phi) is 3.01. The molecule has 18 heavy (non-hydrogen) atoms. The number of hydrogen-bond acceptors (Lipinski definition) is 3. The van der Waals surface area contributed by atoms with Crippen LogP contribution in [0.25, 0.3) is 11.3 Å². The van der Waals surface area contributed by atoms with Gasteiger partial charge >= 0.3 is 5.97 Å². The van der Waals surface area contributed by atoms with Crippen LogP contribution in [-0.2, 0) is 0 Å². The zero-order valence-electron chi connectivity index (χ0n) is 9.82. The standard InChI is InChI=1S/C12H11FN2O3/c1-6-3-4-7(11(18-2)10(6)13)8-5-9(12(16)17)15-14-8/h3-5H,1-2H3,(H,14,15)(H,16,17). The van der Waals surface area contributed by atoms with Gasteiger partial charge in [-0.15, -0.1) is 0 Å². The van der Waals surface area contributed by atoms with E-state index in [1.807, 2.05) is 0 Å². The second-order valence-electron chi connectivity index (χ2n) is 3.75. The molecular formula is C12H11FN2O3. The minimum atomic E-state index is -1.12. The van der Waals surface area contributed by atoms with E-state index in [1.54, 1.807) is 19.1 Å².